The fraction of sp³-hybridized carbons (Fsp3) is 0.267. The molecule has 2 aromatic rings. The number of halogens is 1. The number of thiophene rings is 1. The minimum Gasteiger partial charge on any atom is -0.293 e. The Morgan fingerprint density at radius 3 is 2.72 bits per heavy atom. The fourth-order valence-electron chi connectivity index (χ4n) is 2.05. The number of benzene rings is 1. The van der Waals surface area contributed by atoms with Gasteiger partial charge in [0.1, 0.15) is 0 Å². The van der Waals surface area contributed by atoms with Gasteiger partial charge in [0.2, 0.25) is 0 Å². The molecular weight excluding hydrogens is 308 g/mol. The summed E-state index contributed by atoms with van der Waals surface area (Å²) in [5.74, 6) is 0.638. The summed E-state index contributed by atoms with van der Waals surface area (Å²) in [6, 6.07) is 10.4. The van der Waals surface area contributed by atoms with E-state index >= 15 is 0 Å². The van der Waals surface area contributed by atoms with Crippen molar-refractivity contribution in [3.8, 4) is 10.4 Å². The maximum Gasteiger partial charge on any atom is 0.175 e. The smallest absolute Gasteiger partial charge is 0.175 e. The van der Waals surface area contributed by atoms with E-state index in [2.05, 4.69) is 47.1 Å². The molecule has 0 saturated heterocycles. The second-order valence-electron chi connectivity index (χ2n) is 4.82. The molecule has 0 spiro atoms. The first-order valence-electron chi connectivity index (χ1n) is 6.05. The number of ketones is 1. The summed E-state index contributed by atoms with van der Waals surface area (Å²) < 4.78 is 1.08. The Balaban J connectivity index is 1.94. The maximum atomic E-state index is 12.0. The third-order valence-electron chi connectivity index (χ3n) is 3.12. The third-order valence-corrected chi connectivity index (χ3v) is 4.73. The lowest BCUT2D eigenvalue weighted by molar-refractivity contribution is 0.0971. The van der Waals surface area contributed by atoms with E-state index in [-0.39, 0.29) is 0 Å². The predicted molar refractivity (Wildman–Crippen MR) is 79.2 cm³/mol. The molecule has 1 saturated carbocycles. The van der Waals surface area contributed by atoms with Gasteiger partial charge in [0.15, 0.2) is 5.78 Å². The molecule has 3 rings (SSSR count). The summed E-state index contributed by atoms with van der Waals surface area (Å²) >= 11 is 5.13. The Bertz CT molecular complexity index is 590. The van der Waals surface area contributed by atoms with Gasteiger partial charge < -0.3 is 0 Å². The molecule has 0 bridgehead atoms. The zero-order valence-electron chi connectivity index (χ0n) is 10.1. The van der Waals surface area contributed by atoms with E-state index in [1.54, 1.807) is 11.3 Å². The quantitative estimate of drug-likeness (QED) is 0.721. The molecule has 1 heterocycles. The molecule has 1 aliphatic rings. The first kappa shape index (κ1) is 12.1. The standard InChI is InChI=1S/C15H13BrOS/c1-9-6-11(8-12(16)7-9)13-4-5-14(18-13)15(17)10-2-3-10/h4-8,10H,2-3H2,1H3. The van der Waals surface area contributed by atoms with Crippen LogP contribution >= 0.6 is 27.3 Å². The van der Waals surface area contributed by atoms with E-state index in [0.29, 0.717) is 11.7 Å². The lowest BCUT2D eigenvalue weighted by Crippen LogP contribution is -1.96. The molecule has 3 heteroatoms. The van der Waals surface area contributed by atoms with Gasteiger partial charge in [-0.1, -0.05) is 22.0 Å². The number of hydrogen-bond donors (Lipinski definition) is 0. The Hall–Kier alpha value is -0.930. The minimum absolute atomic E-state index is 0.306. The molecule has 0 atom stereocenters. The summed E-state index contributed by atoms with van der Waals surface area (Å²) in [6.07, 6.45) is 2.14. The van der Waals surface area contributed by atoms with Gasteiger partial charge in [-0.15, -0.1) is 11.3 Å². The fourth-order valence-corrected chi connectivity index (χ4v) is 3.67. The molecule has 0 amide bonds. The maximum absolute atomic E-state index is 12.0. The molecule has 1 aromatic carbocycles. The van der Waals surface area contributed by atoms with Gasteiger partial charge in [-0.2, -0.15) is 0 Å². The zero-order chi connectivity index (χ0) is 12.7. The largest absolute Gasteiger partial charge is 0.293 e. The van der Waals surface area contributed by atoms with E-state index in [4.69, 9.17) is 0 Å². The summed E-state index contributed by atoms with van der Waals surface area (Å²) in [5.41, 5.74) is 2.41. The number of carbonyl (C=O) groups is 1. The van der Waals surface area contributed by atoms with Crippen LogP contribution in [-0.4, -0.2) is 5.78 Å². The number of Topliss-reactive ketones (excluding diaryl/α,β-unsaturated/α-hetero) is 1. The lowest BCUT2D eigenvalue weighted by Gasteiger charge is -2.01. The predicted octanol–water partition coefficient (Wildman–Crippen LogP) is 5.08. The van der Waals surface area contributed by atoms with Crippen molar-refractivity contribution in [2.45, 2.75) is 19.8 Å². The molecule has 1 aromatic heterocycles. The first-order valence-corrected chi connectivity index (χ1v) is 7.66. The average Bonchev–Trinajstić information content (AvgIpc) is 3.04. The van der Waals surface area contributed by atoms with E-state index in [0.717, 1.165) is 22.2 Å². The molecule has 1 fully saturated rings. The first-order chi connectivity index (χ1) is 8.63. The molecule has 1 nitrogen and oxygen atoms in total. The molecule has 0 unspecified atom stereocenters. The molecular formula is C15H13BrOS. The molecule has 0 radical (unpaired) electrons. The van der Waals surface area contributed by atoms with Gasteiger partial charge in [-0.3, -0.25) is 4.79 Å². The zero-order valence-corrected chi connectivity index (χ0v) is 12.5. The Labute approximate surface area is 119 Å². The van der Waals surface area contributed by atoms with Crippen LogP contribution in [0.5, 0.6) is 0 Å². The summed E-state index contributed by atoms with van der Waals surface area (Å²) in [6.45, 7) is 2.08. The van der Waals surface area contributed by atoms with Crippen LogP contribution < -0.4 is 0 Å². The van der Waals surface area contributed by atoms with E-state index in [9.17, 15) is 4.79 Å². The molecule has 1 aliphatic carbocycles. The van der Waals surface area contributed by atoms with Crippen LogP contribution in [0.4, 0.5) is 0 Å². The average molecular weight is 321 g/mol. The van der Waals surface area contributed by atoms with Crippen LogP contribution in [0.2, 0.25) is 0 Å². The highest BCUT2D eigenvalue weighted by atomic mass is 79.9. The second kappa shape index (κ2) is 4.63. The van der Waals surface area contributed by atoms with Crippen LogP contribution in [0.3, 0.4) is 0 Å². The van der Waals surface area contributed by atoms with Crippen molar-refractivity contribution in [2.24, 2.45) is 5.92 Å². The number of rotatable bonds is 3. The van der Waals surface area contributed by atoms with Gasteiger partial charge in [0.25, 0.3) is 0 Å². The summed E-state index contributed by atoms with van der Waals surface area (Å²) in [7, 11) is 0. The van der Waals surface area contributed by atoms with Crippen molar-refractivity contribution in [3.05, 3.63) is 45.2 Å². The van der Waals surface area contributed by atoms with E-state index < -0.39 is 0 Å². The highest BCUT2D eigenvalue weighted by Crippen LogP contribution is 2.37. The van der Waals surface area contributed by atoms with Crippen LogP contribution in [0.15, 0.2) is 34.8 Å². The van der Waals surface area contributed by atoms with E-state index in [1.165, 1.54) is 16.0 Å². The number of hydrogen-bond acceptors (Lipinski definition) is 2. The monoisotopic (exact) mass is 320 g/mol. The third kappa shape index (κ3) is 2.43. The van der Waals surface area contributed by atoms with E-state index in [1.807, 2.05) is 6.07 Å². The summed E-state index contributed by atoms with van der Waals surface area (Å²) in [5, 5.41) is 0. The van der Waals surface area contributed by atoms with Crippen LogP contribution in [0, 0.1) is 12.8 Å². The second-order valence-corrected chi connectivity index (χ2v) is 6.82. The van der Waals surface area contributed by atoms with Crippen molar-refractivity contribution in [3.63, 3.8) is 0 Å². The Morgan fingerprint density at radius 1 is 1.28 bits per heavy atom. The summed E-state index contributed by atoms with van der Waals surface area (Å²) in [4.78, 5) is 14.1. The van der Waals surface area contributed by atoms with Gasteiger partial charge in [-0.25, -0.2) is 0 Å². The normalized spacial score (nSPS) is 14.8. The van der Waals surface area contributed by atoms with Gasteiger partial charge >= 0.3 is 0 Å². The van der Waals surface area contributed by atoms with Crippen molar-refractivity contribution in [2.75, 3.05) is 0 Å². The molecule has 92 valence electrons. The van der Waals surface area contributed by atoms with Crippen LogP contribution in [0.1, 0.15) is 28.1 Å². The lowest BCUT2D eigenvalue weighted by atomic mass is 10.1. The van der Waals surface area contributed by atoms with Crippen molar-refractivity contribution < 1.29 is 4.79 Å². The Morgan fingerprint density at radius 2 is 2.06 bits per heavy atom. The highest BCUT2D eigenvalue weighted by Gasteiger charge is 2.31. The topological polar surface area (TPSA) is 17.1 Å². The van der Waals surface area contributed by atoms with Gasteiger partial charge in [0, 0.05) is 15.3 Å². The van der Waals surface area contributed by atoms with Gasteiger partial charge in [-0.05, 0) is 55.2 Å². The molecule has 18 heavy (non-hydrogen) atoms. The Kier molecular flexibility index (Phi) is 3.12. The van der Waals surface area contributed by atoms with Crippen molar-refractivity contribution in [1.82, 2.24) is 0 Å². The highest BCUT2D eigenvalue weighted by molar-refractivity contribution is 9.10. The van der Waals surface area contributed by atoms with Gasteiger partial charge in [0.05, 0.1) is 4.88 Å². The van der Waals surface area contributed by atoms with Crippen LogP contribution in [0.25, 0.3) is 10.4 Å². The molecule has 0 aliphatic heterocycles. The van der Waals surface area contributed by atoms with Crippen molar-refractivity contribution in [1.29, 1.82) is 0 Å². The van der Waals surface area contributed by atoms with Crippen molar-refractivity contribution >= 4 is 33.0 Å². The number of carbonyl (C=O) groups excluding carboxylic acids is 1. The SMILES string of the molecule is Cc1cc(Br)cc(-c2ccc(C(=O)C3CC3)s2)c1. The molecule has 0 N–H and O–H groups in total. The van der Waals surface area contributed by atoms with Crippen LogP contribution in [-0.2, 0) is 0 Å². The minimum atomic E-state index is 0.306. The number of aryl methyl sites for hydroxylation is 1.